The second-order valence-corrected chi connectivity index (χ2v) is 10.4. The van der Waals surface area contributed by atoms with E-state index in [0.29, 0.717) is 13.2 Å². The van der Waals surface area contributed by atoms with E-state index in [1.54, 1.807) is 0 Å². The topological polar surface area (TPSA) is 15.7 Å². The van der Waals surface area contributed by atoms with Crippen molar-refractivity contribution < 1.29 is 4.74 Å². The number of anilines is 2. The smallest absolute Gasteiger partial charge is 0.0721 e. The minimum Gasteiger partial charge on any atom is -0.372 e. The van der Waals surface area contributed by atoms with Gasteiger partial charge >= 0.3 is 0 Å². The molecule has 0 spiro atoms. The second kappa shape index (κ2) is 11.2. The molecule has 0 amide bonds. The highest BCUT2D eigenvalue weighted by molar-refractivity contribution is 5.67. The molecule has 0 saturated carbocycles. The summed E-state index contributed by atoms with van der Waals surface area (Å²) in [6, 6.07) is 35.5. The first-order valence-corrected chi connectivity index (χ1v) is 13.8. The minimum atomic E-state index is 0.619. The standard InChI is InChI=1S/C34H36N2O/c1-2-22-35(21-1)33-17-13-31(14-18-33)29-9-5-27(6-10-29)25-37-26-28-7-11-30(12-8-28)32-15-19-34(20-16-32)36-23-3-4-24-36/h5-20H,1-4,21-26H2. The van der Waals surface area contributed by atoms with E-state index in [1.807, 2.05) is 0 Å². The maximum Gasteiger partial charge on any atom is 0.0721 e. The summed E-state index contributed by atoms with van der Waals surface area (Å²) in [4.78, 5) is 4.95. The molecular weight excluding hydrogens is 452 g/mol. The van der Waals surface area contributed by atoms with Crippen molar-refractivity contribution in [1.29, 1.82) is 0 Å². The lowest BCUT2D eigenvalue weighted by Crippen LogP contribution is -2.17. The van der Waals surface area contributed by atoms with Crippen LogP contribution >= 0.6 is 0 Å². The predicted octanol–water partition coefficient (Wildman–Crippen LogP) is 7.94. The van der Waals surface area contributed by atoms with Crippen molar-refractivity contribution in [3.8, 4) is 22.3 Å². The first-order valence-electron chi connectivity index (χ1n) is 13.8. The van der Waals surface area contributed by atoms with Gasteiger partial charge in [0.25, 0.3) is 0 Å². The highest BCUT2D eigenvalue weighted by Gasteiger charge is 2.13. The van der Waals surface area contributed by atoms with Crippen molar-refractivity contribution in [2.45, 2.75) is 38.9 Å². The van der Waals surface area contributed by atoms with E-state index in [4.69, 9.17) is 4.74 Å². The third-order valence-electron chi connectivity index (χ3n) is 7.79. The quantitative estimate of drug-likeness (QED) is 0.250. The third kappa shape index (κ3) is 5.73. The molecule has 0 unspecified atom stereocenters. The van der Waals surface area contributed by atoms with Crippen molar-refractivity contribution in [3.63, 3.8) is 0 Å². The van der Waals surface area contributed by atoms with Gasteiger partial charge in [0.05, 0.1) is 13.2 Å². The first kappa shape index (κ1) is 23.8. The molecule has 2 aliphatic heterocycles. The molecule has 2 heterocycles. The average Bonchev–Trinajstić information content (AvgIpc) is 3.70. The number of rotatable bonds is 8. The molecule has 6 rings (SSSR count). The SMILES string of the molecule is c1cc(-c2ccc(N3CCCC3)cc2)ccc1COCc1ccc(-c2ccc(N3CCCC3)cc2)cc1. The van der Waals surface area contributed by atoms with Crippen LogP contribution in [0.3, 0.4) is 0 Å². The van der Waals surface area contributed by atoms with Crippen LogP contribution in [-0.2, 0) is 18.0 Å². The number of benzene rings is 4. The van der Waals surface area contributed by atoms with Gasteiger partial charge in [0.2, 0.25) is 0 Å². The molecule has 3 nitrogen and oxygen atoms in total. The summed E-state index contributed by atoms with van der Waals surface area (Å²) in [5, 5.41) is 0. The van der Waals surface area contributed by atoms with Crippen LogP contribution < -0.4 is 9.80 Å². The van der Waals surface area contributed by atoms with Gasteiger partial charge < -0.3 is 14.5 Å². The Labute approximate surface area is 221 Å². The van der Waals surface area contributed by atoms with Crippen LogP contribution in [0.4, 0.5) is 11.4 Å². The second-order valence-electron chi connectivity index (χ2n) is 10.4. The highest BCUT2D eigenvalue weighted by atomic mass is 16.5. The zero-order valence-corrected chi connectivity index (χ0v) is 21.6. The molecule has 0 atom stereocenters. The van der Waals surface area contributed by atoms with Gasteiger partial charge in [0, 0.05) is 37.6 Å². The van der Waals surface area contributed by atoms with Gasteiger partial charge in [0.15, 0.2) is 0 Å². The maximum absolute atomic E-state index is 6.03. The molecule has 2 saturated heterocycles. The fourth-order valence-electron chi connectivity index (χ4n) is 5.55. The molecule has 2 aliphatic rings. The van der Waals surface area contributed by atoms with Crippen LogP contribution in [0, 0.1) is 0 Å². The lowest BCUT2D eigenvalue weighted by atomic mass is 10.0. The maximum atomic E-state index is 6.03. The zero-order chi connectivity index (χ0) is 24.9. The van der Waals surface area contributed by atoms with Gasteiger partial charge in [-0.25, -0.2) is 0 Å². The van der Waals surface area contributed by atoms with Crippen LogP contribution in [0.15, 0.2) is 97.1 Å². The van der Waals surface area contributed by atoms with Gasteiger partial charge in [-0.3, -0.25) is 0 Å². The lowest BCUT2D eigenvalue weighted by Gasteiger charge is -2.17. The van der Waals surface area contributed by atoms with Gasteiger partial charge in [-0.1, -0.05) is 72.8 Å². The summed E-state index contributed by atoms with van der Waals surface area (Å²) in [5.74, 6) is 0. The summed E-state index contributed by atoms with van der Waals surface area (Å²) in [6.45, 7) is 5.98. The Morgan fingerprint density at radius 3 is 1.03 bits per heavy atom. The molecule has 2 fully saturated rings. The van der Waals surface area contributed by atoms with Crippen LogP contribution in [-0.4, -0.2) is 26.2 Å². The normalized spacial score (nSPS) is 15.5. The Kier molecular flexibility index (Phi) is 7.23. The summed E-state index contributed by atoms with van der Waals surface area (Å²) >= 11 is 0. The summed E-state index contributed by atoms with van der Waals surface area (Å²) in [5.41, 5.74) is 10.1. The van der Waals surface area contributed by atoms with E-state index in [1.165, 1.54) is 96.6 Å². The van der Waals surface area contributed by atoms with Gasteiger partial charge in [-0.05, 0) is 83.3 Å². The van der Waals surface area contributed by atoms with E-state index in [9.17, 15) is 0 Å². The zero-order valence-electron chi connectivity index (χ0n) is 21.6. The Morgan fingerprint density at radius 1 is 0.405 bits per heavy atom. The summed E-state index contributed by atoms with van der Waals surface area (Å²) in [6.07, 6.45) is 5.24. The molecule has 0 bridgehead atoms. The largest absolute Gasteiger partial charge is 0.372 e. The number of ether oxygens (including phenoxy) is 1. The fourth-order valence-corrected chi connectivity index (χ4v) is 5.55. The van der Waals surface area contributed by atoms with Gasteiger partial charge in [0.1, 0.15) is 0 Å². The van der Waals surface area contributed by atoms with Crippen molar-refractivity contribution in [1.82, 2.24) is 0 Å². The van der Waals surface area contributed by atoms with Crippen LogP contribution in [0.5, 0.6) is 0 Å². The number of nitrogens with zero attached hydrogens (tertiary/aromatic N) is 2. The molecule has 4 aromatic carbocycles. The van der Waals surface area contributed by atoms with Crippen molar-refractivity contribution in [2.75, 3.05) is 36.0 Å². The fraction of sp³-hybridized carbons (Fsp3) is 0.294. The number of hydrogen-bond donors (Lipinski definition) is 0. The van der Waals surface area contributed by atoms with Gasteiger partial charge in [-0.2, -0.15) is 0 Å². The van der Waals surface area contributed by atoms with Crippen LogP contribution in [0.25, 0.3) is 22.3 Å². The first-order chi connectivity index (χ1) is 18.3. The van der Waals surface area contributed by atoms with E-state index in [-0.39, 0.29) is 0 Å². The summed E-state index contributed by atoms with van der Waals surface area (Å²) < 4.78 is 6.03. The molecule has 3 heteroatoms. The van der Waals surface area contributed by atoms with Crippen LogP contribution in [0.2, 0.25) is 0 Å². The highest BCUT2D eigenvalue weighted by Crippen LogP contribution is 2.27. The van der Waals surface area contributed by atoms with E-state index < -0.39 is 0 Å². The predicted molar refractivity (Wildman–Crippen MR) is 155 cm³/mol. The average molecular weight is 489 g/mol. The molecular formula is C34H36N2O. The van der Waals surface area contributed by atoms with Gasteiger partial charge in [-0.15, -0.1) is 0 Å². The molecule has 188 valence electrons. The Hall–Kier alpha value is -3.56. The molecule has 37 heavy (non-hydrogen) atoms. The molecule has 0 N–H and O–H groups in total. The Bertz CT molecular complexity index is 1160. The molecule has 0 aliphatic carbocycles. The van der Waals surface area contributed by atoms with Crippen LogP contribution in [0.1, 0.15) is 36.8 Å². The molecule has 0 aromatic heterocycles. The van der Waals surface area contributed by atoms with Crippen molar-refractivity contribution in [3.05, 3.63) is 108 Å². The number of hydrogen-bond acceptors (Lipinski definition) is 3. The van der Waals surface area contributed by atoms with E-state index >= 15 is 0 Å². The van der Waals surface area contributed by atoms with Crippen molar-refractivity contribution >= 4 is 11.4 Å². The minimum absolute atomic E-state index is 0.619. The summed E-state index contributed by atoms with van der Waals surface area (Å²) in [7, 11) is 0. The molecule has 4 aromatic rings. The monoisotopic (exact) mass is 488 g/mol. The molecule has 0 radical (unpaired) electrons. The Morgan fingerprint density at radius 2 is 0.703 bits per heavy atom. The third-order valence-corrected chi connectivity index (χ3v) is 7.79. The van der Waals surface area contributed by atoms with E-state index in [2.05, 4.69) is 107 Å². The Balaban J connectivity index is 0.997. The van der Waals surface area contributed by atoms with E-state index in [0.717, 1.165) is 0 Å². The lowest BCUT2D eigenvalue weighted by molar-refractivity contribution is 0.107. The van der Waals surface area contributed by atoms with Crippen molar-refractivity contribution in [2.24, 2.45) is 0 Å².